The van der Waals surface area contributed by atoms with Crippen molar-refractivity contribution in [2.24, 2.45) is 0 Å². The summed E-state index contributed by atoms with van der Waals surface area (Å²) in [6.45, 7) is 0.338. The van der Waals surface area contributed by atoms with Gasteiger partial charge in [-0.2, -0.15) is 0 Å². The minimum atomic E-state index is -0.417. The molecule has 8 heteroatoms. The number of imidazole rings is 1. The standard InChI is InChI=1S/C21H16ClFN4O2/c22-14-2-1-3-17(10-14)26-19-18(20(28)27(21(26)29)16-8-9-16)25(12-24-19)11-13-4-6-15(23)7-5-13/h1-7,10,12,16H,8-9,11H2. The topological polar surface area (TPSA) is 61.8 Å². The van der Waals surface area contributed by atoms with Crippen LogP contribution in [0.25, 0.3) is 16.9 Å². The second kappa shape index (κ2) is 6.70. The molecule has 0 radical (unpaired) electrons. The summed E-state index contributed by atoms with van der Waals surface area (Å²) in [4.78, 5) is 30.8. The smallest absolute Gasteiger partial charge is 0.320 e. The van der Waals surface area contributed by atoms with Gasteiger partial charge in [-0.05, 0) is 48.7 Å². The molecule has 2 aromatic heterocycles. The number of fused-ring (bicyclic) bond motifs is 1. The van der Waals surface area contributed by atoms with E-state index >= 15 is 0 Å². The van der Waals surface area contributed by atoms with Crippen LogP contribution in [-0.2, 0) is 6.54 Å². The Hall–Kier alpha value is -3.19. The van der Waals surface area contributed by atoms with Crippen LogP contribution in [0.15, 0.2) is 64.4 Å². The number of nitrogens with zero attached hydrogens (tertiary/aromatic N) is 4. The van der Waals surface area contributed by atoms with Crippen molar-refractivity contribution in [1.82, 2.24) is 18.7 Å². The molecule has 2 aromatic carbocycles. The van der Waals surface area contributed by atoms with E-state index in [9.17, 15) is 14.0 Å². The van der Waals surface area contributed by atoms with Gasteiger partial charge in [-0.3, -0.25) is 9.36 Å². The zero-order valence-electron chi connectivity index (χ0n) is 15.3. The van der Waals surface area contributed by atoms with E-state index < -0.39 is 5.69 Å². The maximum atomic E-state index is 13.2. The molecule has 0 N–H and O–H groups in total. The molecule has 5 rings (SSSR count). The van der Waals surface area contributed by atoms with E-state index in [1.165, 1.54) is 27.6 Å². The molecule has 0 spiro atoms. The van der Waals surface area contributed by atoms with Crippen molar-refractivity contribution >= 4 is 22.8 Å². The van der Waals surface area contributed by atoms with Gasteiger partial charge in [0, 0.05) is 17.6 Å². The van der Waals surface area contributed by atoms with Gasteiger partial charge in [0.15, 0.2) is 11.2 Å². The molecule has 29 heavy (non-hydrogen) atoms. The van der Waals surface area contributed by atoms with Crippen LogP contribution in [0.2, 0.25) is 5.02 Å². The second-order valence-electron chi connectivity index (χ2n) is 7.18. The van der Waals surface area contributed by atoms with Gasteiger partial charge in [0.25, 0.3) is 5.56 Å². The van der Waals surface area contributed by atoms with E-state index in [1.54, 1.807) is 41.0 Å². The van der Waals surface area contributed by atoms with Gasteiger partial charge >= 0.3 is 5.69 Å². The van der Waals surface area contributed by atoms with Crippen molar-refractivity contribution in [3.05, 3.63) is 92.1 Å². The molecule has 6 nitrogen and oxygen atoms in total. The maximum Gasteiger partial charge on any atom is 0.337 e. The summed E-state index contributed by atoms with van der Waals surface area (Å²) in [6.07, 6.45) is 3.12. The van der Waals surface area contributed by atoms with Crippen LogP contribution in [-0.4, -0.2) is 18.7 Å². The van der Waals surface area contributed by atoms with Crippen LogP contribution in [0.1, 0.15) is 24.4 Å². The van der Waals surface area contributed by atoms with E-state index in [2.05, 4.69) is 4.98 Å². The lowest BCUT2D eigenvalue weighted by Crippen LogP contribution is -2.39. The lowest BCUT2D eigenvalue weighted by Gasteiger charge is -2.12. The predicted molar refractivity (Wildman–Crippen MR) is 108 cm³/mol. The molecule has 0 unspecified atom stereocenters. The van der Waals surface area contributed by atoms with E-state index in [-0.39, 0.29) is 23.1 Å². The average molecular weight is 411 g/mol. The first-order valence-corrected chi connectivity index (χ1v) is 9.63. The van der Waals surface area contributed by atoms with E-state index in [0.717, 1.165) is 18.4 Å². The highest BCUT2D eigenvalue weighted by Gasteiger charge is 2.30. The Bertz CT molecular complexity index is 1350. The first-order valence-electron chi connectivity index (χ1n) is 9.26. The highest BCUT2D eigenvalue weighted by Crippen LogP contribution is 2.32. The average Bonchev–Trinajstić information content (AvgIpc) is 3.44. The summed E-state index contributed by atoms with van der Waals surface area (Å²) in [5, 5.41) is 0.484. The molecule has 0 bridgehead atoms. The number of hydrogen-bond acceptors (Lipinski definition) is 3. The number of aromatic nitrogens is 4. The zero-order valence-corrected chi connectivity index (χ0v) is 16.0. The third-order valence-corrected chi connectivity index (χ3v) is 5.33. The minimum absolute atomic E-state index is 0.0981. The van der Waals surface area contributed by atoms with E-state index in [1.807, 2.05) is 0 Å². The van der Waals surface area contributed by atoms with Crippen molar-refractivity contribution in [1.29, 1.82) is 0 Å². The molecule has 0 atom stereocenters. The quantitative estimate of drug-likeness (QED) is 0.517. The van der Waals surface area contributed by atoms with Crippen LogP contribution in [0.5, 0.6) is 0 Å². The largest absolute Gasteiger partial charge is 0.337 e. The summed E-state index contributed by atoms with van der Waals surface area (Å²) in [6, 6.07) is 12.9. The summed E-state index contributed by atoms with van der Waals surface area (Å²) in [7, 11) is 0. The van der Waals surface area contributed by atoms with Gasteiger partial charge in [0.1, 0.15) is 5.82 Å². The van der Waals surface area contributed by atoms with E-state index in [4.69, 9.17) is 11.6 Å². The normalized spacial score (nSPS) is 13.9. The first-order chi connectivity index (χ1) is 14.0. The predicted octanol–water partition coefficient (Wildman–Crippen LogP) is 3.52. The van der Waals surface area contributed by atoms with Crippen molar-refractivity contribution in [2.75, 3.05) is 0 Å². The van der Waals surface area contributed by atoms with E-state index in [0.29, 0.717) is 22.8 Å². The van der Waals surface area contributed by atoms with Gasteiger partial charge in [-0.15, -0.1) is 0 Å². The molecule has 4 aromatic rings. The zero-order chi connectivity index (χ0) is 20.1. The molecular formula is C21H16ClFN4O2. The fourth-order valence-corrected chi connectivity index (χ4v) is 3.75. The van der Waals surface area contributed by atoms with Crippen molar-refractivity contribution in [2.45, 2.75) is 25.4 Å². The Balaban J connectivity index is 1.77. The fraction of sp³-hybridized carbons (Fsp3) is 0.190. The molecule has 0 amide bonds. The molecule has 1 aliphatic rings. The van der Waals surface area contributed by atoms with Gasteiger partial charge in [-0.25, -0.2) is 18.7 Å². The molecule has 1 aliphatic carbocycles. The summed E-state index contributed by atoms with van der Waals surface area (Å²) in [5.41, 5.74) is 1.21. The number of hydrogen-bond donors (Lipinski definition) is 0. The van der Waals surface area contributed by atoms with Crippen molar-refractivity contribution < 1.29 is 4.39 Å². The second-order valence-corrected chi connectivity index (χ2v) is 7.61. The molecular weight excluding hydrogens is 395 g/mol. The van der Waals surface area contributed by atoms with Gasteiger partial charge in [0.05, 0.1) is 12.0 Å². The van der Waals surface area contributed by atoms with Crippen LogP contribution in [0, 0.1) is 5.82 Å². The SMILES string of the molecule is O=c1c2c(ncn2Cc2ccc(F)cc2)n(-c2cccc(Cl)c2)c(=O)n1C1CC1. The number of benzene rings is 2. The maximum absolute atomic E-state index is 13.2. The third-order valence-electron chi connectivity index (χ3n) is 5.09. The molecule has 2 heterocycles. The Kier molecular flexibility index (Phi) is 4.13. The Labute approximate surface area is 169 Å². The number of rotatable bonds is 4. The summed E-state index contributed by atoms with van der Waals surface area (Å²) >= 11 is 6.13. The Morgan fingerprint density at radius 2 is 1.86 bits per heavy atom. The fourth-order valence-electron chi connectivity index (χ4n) is 3.56. The molecule has 0 saturated heterocycles. The van der Waals surface area contributed by atoms with Crippen LogP contribution >= 0.6 is 11.6 Å². The summed E-state index contributed by atoms with van der Waals surface area (Å²) in [5.74, 6) is -0.324. The number of halogens is 2. The van der Waals surface area contributed by atoms with Crippen molar-refractivity contribution in [3.63, 3.8) is 0 Å². The highest BCUT2D eigenvalue weighted by atomic mass is 35.5. The lowest BCUT2D eigenvalue weighted by atomic mass is 10.2. The lowest BCUT2D eigenvalue weighted by molar-refractivity contribution is 0.626. The van der Waals surface area contributed by atoms with Crippen LogP contribution in [0.3, 0.4) is 0 Å². The van der Waals surface area contributed by atoms with Gasteiger partial charge in [-0.1, -0.05) is 29.8 Å². The van der Waals surface area contributed by atoms with Crippen LogP contribution < -0.4 is 11.2 Å². The van der Waals surface area contributed by atoms with Gasteiger partial charge < -0.3 is 4.57 Å². The molecule has 1 fully saturated rings. The molecule has 1 saturated carbocycles. The molecule has 0 aliphatic heterocycles. The van der Waals surface area contributed by atoms with Gasteiger partial charge in [0.2, 0.25) is 0 Å². The molecule has 146 valence electrons. The first kappa shape index (κ1) is 17.9. The summed E-state index contributed by atoms with van der Waals surface area (Å²) < 4.78 is 17.7. The monoisotopic (exact) mass is 410 g/mol. The third kappa shape index (κ3) is 3.07. The van der Waals surface area contributed by atoms with Crippen LogP contribution in [0.4, 0.5) is 4.39 Å². The Morgan fingerprint density at radius 1 is 1.10 bits per heavy atom. The minimum Gasteiger partial charge on any atom is -0.320 e. The Morgan fingerprint density at radius 3 is 2.55 bits per heavy atom. The highest BCUT2D eigenvalue weighted by molar-refractivity contribution is 6.30. The van der Waals surface area contributed by atoms with Crippen molar-refractivity contribution in [3.8, 4) is 5.69 Å².